The molecule has 2 saturated heterocycles. The lowest BCUT2D eigenvalue weighted by Crippen LogP contribution is -2.56. The molecule has 0 saturated carbocycles. The van der Waals surface area contributed by atoms with E-state index in [2.05, 4.69) is 14.9 Å². The summed E-state index contributed by atoms with van der Waals surface area (Å²) in [6.07, 6.45) is 2.06. The van der Waals surface area contributed by atoms with Crippen LogP contribution >= 0.6 is 0 Å². The minimum Gasteiger partial charge on any atom is -0.457 e. The molecule has 2 N–H and O–H groups in total. The number of piperidine rings is 2. The quantitative estimate of drug-likeness (QED) is 0.309. The van der Waals surface area contributed by atoms with Gasteiger partial charge in [0, 0.05) is 31.2 Å². The average molecular weight is 588 g/mol. The first-order chi connectivity index (χ1) is 20.7. The van der Waals surface area contributed by atoms with E-state index in [1.165, 1.54) is 11.2 Å². The van der Waals surface area contributed by atoms with Crippen LogP contribution in [0.4, 0.5) is 15.0 Å². The molecule has 4 aromatic rings. The molecule has 6 rings (SSSR count). The van der Waals surface area contributed by atoms with E-state index in [0.29, 0.717) is 24.4 Å². The number of nitrogens with two attached hydrogens (primary N) is 1. The number of rotatable bonds is 5. The summed E-state index contributed by atoms with van der Waals surface area (Å²) in [5.41, 5.74) is 8.06. The predicted molar refractivity (Wildman–Crippen MR) is 163 cm³/mol. The summed E-state index contributed by atoms with van der Waals surface area (Å²) in [5.74, 6) is 1.87. The van der Waals surface area contributed by atoms with Gasteiger partial charge in [-0.2, -0.15) is 5.10 Å². The Labute approximate surface area is 250 Å². The highest BCUT2D eigenvalue weighted by atomic mass is 19.1. The second-order valence-electron chi connectivity index (χ2n) is 12.3. The van der Waals surface area contributed by atoms with Crippen molar-refractivity contribution in [3.63, 3.8) is 0 Å². The molecular formula is C32H38FN7O3. The fourth-order valence-electron chi connectivity index (χ4n) is 6.02. The van der Waals surface area contributed by atoms with Crippen molar-refractivity contribution in [1.82, 2.24) is 29.5 Å². The Morgan fingerprint density at radius 3 is 2.33 bits per heavy atom. The zero-order chi connectivity index (χ0) is 30.1. The third-order valence-electron chi connectivity index (χ3n) is 8.10. The molecule has 11 heteroatoms. The van der Waals surface area contributed by atoms with E-state index in [4.69, 9.17) is 20.3 Å². The number of halogens is 1. The van der Waals surface area contributed by atoms with Crippen molar-refractivity contribution in [2.45, 2.75) is 63.9 Å². The molecule has 2 aliphatic heterocycles. The van der Waals surface area contributed by atoms with Crippen LogP contribution in [0.3, 0.4) is 0 Å². The summed E-state index contributed by atoms with van der Waals surface area (Å²) in [7, 11) is 0. The fraction of sp³-hybridized carbons (Fsp3) is 0.438. The highest BCUT2D eigenvalue weighted by molar-refractivity contribution is 5.98. The molecule has 0 spiro atoms. The molecule has 1 amide bonds. The van der Waals surface area contributed by atoms with E-state index in [1.54, 1.807) is 0 Å². The zero-order valence-electron chi connectivity index (χ0n) is 24.8. The van der Waals surface area contributed by atoms with Crippen LogP contribution in [0.25, 0.3) is 22.3 Å². The first-order valence-electron chi connectivity index (χ1n) is 14.8. The molecule has 2 aromatic heterocycles. The number of para-hydroxylation sites is 1. The summed E-state index contributed by atoms with van der Waals surface area (Å²) in [6.45, 7) is 7.45. The van der Waals surface area contributed by atoms with E-state index >= 15 is 4.39 Å². The second kappa shape index (κ2) is 11.8. The summed E-state index contributed by atoms with van der Waals surface area (Å²) in [4.78, 5) is 25.0. The lowest BCUT2D eigenvalue weighted by Gasteiger charge is -2.43. The molecule has 2 atom stereocenters. The van der Waals surface area contributed by atoms with Gasteiger partial charge in [0.15, 0.2) is 5.65 Å². The fourth-order valence-corrected chi connectivity index (χ4v) is 6.02. The lowest BCUT2D eigenvalue weighted by atomic mass is 9.97. The first kappa shape index (κ1) is 28.9. The topological polar surface area (TPSA) is 112 Å². The van der Waals surface area contributed by atoms with Crippen molar-refractivity contribution < 1.29 is 18.7 Å². The maximum Gasteiger partial charge on any atom is 0.410 e. The van der Waals surface area contributed by atoms with Crippen LogP contribution < -0.4 is 10.5 Å². The van der Waals surface area contributed by atoms with Crippen molar-refractivity contribution in [2.75, 3.05) is 31.9 Å². The Balaban J connectivity index is 1.15. The van der Waals surface area contributed by atoms with E-state index in [9.17, 15) is 4.79 Å². The largest absolute Gasteiger partial charge is 0.457 e. The average Bonchev–Trinajstić information content (AvgIpc) is 3.38. The summed E-state index contributed by atoms with van der Waals surface area (Å²) in [6, 6.07) is 17.2. The molecule has 2 aliphatic rings. The number of ether oxygens (including phenoxy) is 2. The predicted octanol–water partition coefficient (Wildman–Crippen LogP) is 5.85. The molecule has 226 valence electrons. The van der Waals surface area contributed by atoms with E-state index in [0.717, 1.165) is 54.1 Å². The van der Waals surface area contributed by atoms with Crippen molar-refractivity contribution in [1.29, 1.82) is 0 Å². The number of anilines is 1. The number of nitrogens with zero attached hydrogens (tertiary/aromatic N) is 6. The SMILES string of the molecule is CC(C)(C)OC(=O)N1CC[C@@H](N2CCC(n3nc(-c4ccc(Oc5ccccc5)cc4)c4c(N)ncnc43)CC2)[C@H](F)C1. The van der Waals surface area contributed by atoms with Gasteiger partial charge in [0.2, 0.25) is 0 Å². The number of benzene rings is 2. The summed E-state index contributed by atoms with van der Waals surface area (Å²) in [5, 5.41) is 5.73. The van der Waals surface area contributed by atoms with Crippen LogP contribution in [-0.2, 0) is 4.74 Å². The van der Waals surface area contributed by atoms with Gasteiger partial charge in [0.1, 0.15) is 41.1 Å². The third kappa shape index (κ3) is 6.27. The van der Waals surface area contributed by atoms with Crippen LogP contribution in [0.15, 0.2) is 60.9 Å². The summed E-state index contributed by atoms with van der Waals surface area (Å²) < 4.78 is 28.7. The second-order valence-corrected chi connectivity index (χ2v) is 12.3. The summed E-state index contributed by atoms with van der Waals surface area (Å²) >= 11 is 0. The van der Waals surface area contributed by atoms with Crippen molar-refractivity contribution >= 4 is 22.9 Å². The minimum atomic E-state index is -1.13. The van der Waals surface area contributed by atoms with Gasteiger partial charge in [-0.1, -0.05) is 18.2 Å². The maximum absolute atomic E-state index is 15.3. The van der Waals surface area contributed by atoms with Gasteiger partial charge in [0.25, 0.3) is 0 Å². The monoisotopic (exact) mass is 587 g/mol. The molecular weight excluding hydrogens is 549 g/mol. The Kier molecular flexibility index (Phi) is 7.91. The maximum atomic E-state index is 15.3. The normalized spacial score (nSPS) is 20.3. The lowest BCUT2D eigenvalue weighted by molar-refractivity contribution is -0.0107. The molecule has 0 bridgehead atoms. The number of alkyl halides is 1. The number of nitrogen functional groups attached to an aromatic ring is 1. The smallest absolute Gasteiger partial charge is 0.410 e. The van der Waals surface area contributed by atoms with Crippen molar-refractivity contribution in [2.24, 2.45) is 0 Å². The highest BCUT2D eigenvalue weighted by Gasteiger charge is 2.38. The van der Waals surface area contributed by atoms with E-state index < -0.39 is 17.9 Å². The molecule has 0 aliphatic carbocycles. The standard InChI is InChI=1S/C32H38FN7O3/c1-32(2,3)43-31(41)39-18-15-26(25(33)19-39)38-16-13-22(14-17-38)40-30-27(29(34)35-20-36-30)28(37-40)21-9-11-24(12-10-21)42-23-7-5-4-6-8-23/h4-12,20,22,25-26H,13-19H2,1-3H3,(H2,34,35,36)/t25-,26-/m1/s1. The third-order valence-corrected chi connectivity index (χ3v) is 8.10. The number of carbonyl (C=O) groups excluding carboxylic acids is 1. The van der Waals surface area contributed by atoms with Gasteiger partial charge < -0.3 is 20.1 Å². The number of aromatic nitrogens is 4. The zero-order valence-corrected chi connectivity index (χ0v) is 24.8. The van der Waals surface area contributed by atoms with Crippen LogP contribution in [0.5, 0.6) is 11.5 Å². The van der Waals surface area contributed by atoms with Crippen LogP contribution in [0.2, 0.25) is 0 Å². The van der Waals surface area contributed by atoms with Crippen LogP contribution in [-0.4, -0.2) is 79.6 Å². The molecule has 2 aromatic carbocycles. The Morgan fingerprint density at radius 1 is 0.953 bits per heavy atom. The number of hydrogen-bond acceptors (Lipinski definition) is 8. The van der Waals surface area contributed by atoms with E-state index in [1.807, 2.05) is 80.1 Å². The number of hydrogen-bond donors (Lipinski definition) is 1. The number of amides is 1. The van der Waals surface area contributed by atoms with Gasteiger partial charge >= 0.3 is 6.09 Å². The molecule has 0 unspecified atom stereocenters. The van der Waals surface area contributed by atoms with Gasteiger partial charge in [-0.3, -0.25) is 4.90 Å². The van der Waals surface area contributed by atoms with Crippen LogP contribution in [0, 0.1) is 0 Å². The molecule has 0 radical (unpaired) electrons. The van der Waals surface area contributed by atoms with Gasteiger partial charge in [-0.25, -0.2) is 23.8 Å². The number of fused-ring (bicyclic) bond motifs is 1. The molecule has 10 nitrogen and oxygen atoms in total. The molecule has 43 heavy (non-hydrogen) atoms. The van der Waals surface area contributed by atoms with Gasteiger partial charge in [0.05, 0.1) is 18.0 Å². The first-order valence-corrected chi connectivity index (χ1v) is 14.8. The van der Waals surface area contributed by atoms with Gasteiger partial charge in [-0.05, 0) is 76.4 Å². The van der Waals surface area contributed by atoms with Crippen molar-refractivity contribution in [3.05, 3.63) is 60.9 Å². The highest BCUT2D eigenvalue weighted by Crippen LogP contribution is 2.36. The van der Waals surface area contributed by atoms with E-state index in [-0.39, 0.29) is 18.6 Å². The minimum absolute atomic E-state index is 0.0536. The number of carbonyl (C=O) groups is 1. The Hall–Kier alpha value is -4.25. The Bertz CT molecular complexity index is 1560. The molecule has 2 fully saturated rings. The van der Waals surface area contributed by atoms with Crippen LogP contribution in [0.1, 0.15) is 46.1 Å². The van der Waals surface area contributed by atoms with Gasteiger partial charge in [-0.15, -0.1) is 0 Å². The Morgan fingerprint density at radius 2 is 1.65 bits per heavy atom. The van der Waals surface area contributed by atoms with Crippen molar-refractivity contribution in [3.8, 4) is 22.8 Å². The molecule has 4 heterocycles. The number of likely N-dealkylation sites (tertiary alicyclic amines) is 2.